The number of halogens is 1. The van der Waals surface area contributed by atoms with Crippen LogP contribution in [0.4, 0.5) is 4.39 Å². The third-order valence-electron chi connectivity index (χ3n) is 5.11. The zero-order valence-electron chi connectivity index (χ0n) is 15.4. The predicted octanol–water partition coefficient (Wildman–Crippen LogP) is 4.25. The molecule has 2 aromatic heterocycles. The number of nitrogens with one attached hydrogen (secondary N) is 1. The van der Waals surface area contributed by atoms with Crippen molar-refractivity contribution in [3.63, 3.8) is 0 Å². The van der Waals surface area contributed by atoms with Crippen LogP contribution in [0.2, 0.25) is 0 Å². The first-order valence-corrected chi connectivity index (χ1v) is 9.23. The summed E-state index contributed by atoms with van der Waals surface area (Å²) in [7, 11) is 2.17. The normalized spacial score (nSPS) is 15.8. The summed E-state index contributed by atoms with van der Waals surface area (Å²) in [6.07, 6.45) is 2.28. The van der Waals surface area contributed by atoms with Crippen molar-refractivity contribution in [2.24, 2.45) is 0 Å². The second kappa shape index (κ2) is 7.88. The fraction of sp³-hybridized carbons (Fsp3) is 0.333. The highest BCUT2D eigenvalue weighted by molar-refractivity contribution is 5.67. The average Bonchev–Trinajstić information content (AvgIpc) is 3.20. The molecule has 3 heterocycles. The Kier molecular flexibility index (Phi) is 5.16. The van der Waals surface area contributed by atoms with Crippen LogP contribution in [0.3, 0.4) is 0 Å². The Morgan fingerprint density at radius 1 is 1.11 bits per heavy atom. The average molecular weight is 366 g/mol. The molecule has 1 N–H and O–H groups in total. The van der Waals surface area contributed by atoms with E-state index in [-0.39, 0.29) is 0 Å². The maximum Gasteiger partial charge on any atom is 0.228 e. The van der Waals surface area contributed by atoms with Gasteiger partial charge in [-0.2, -0.15) is 5.10 Å². The van der Waals surface area contributed by atoms with Gasteiger partial charge in [0.2, 0.25) is 6.86 Å². The Hall–Kier alpha value is -2.73. The predicted molar refractivity (Wildman–Crippen MR) is 103 cm³/mol. The Balaban J connectivity index is 1.56. The lowest BCUT2D eigenvalue weighted by Crippen LogP contribution is -2.29. The van der Waals surface area contributed by atoms with Gasteiger partial charge in [-0.1, -0.05) is 18.2 Å². The second-order valence-corrected chi connectivity index (χ2v) is 6.97. The van der Waals surface area contributed by atoms with E-state index in [0.717, 1.165) is 54.3 Å². The smallest absolute Gasteiger partial charge is 0.228 e. The molecule has 0 unspecified atom stereocenters. The Morgan fingerprint density at radius 2 is 1.93 bits per heavy atom. The van der Waals surface area contributed by atoms with Gasteiger partial charge in [0.25, 0.3) is 0 Å². The van der Waals surface area contributed by atoms with Crippen molar-refractivity contribution >= 4 is 0 Å². The van der Waals surface area contributed by atoms with Gasteiger partial charge in [-0.25, -0.2) is 4.39 Å². The number of benzene rings is 1. The van der Waals surface area contributed by atoms with Crippen molar-refractivity contribution in [2.45, 2.75) is 18.8 Å². The number of ether oxygens (including phenoxy) is 1. The molecule has 1 aliphatic rings. The number of piperidine rings is 1. The summed E-state index contributed by atoms with van der Waals surface area (Å²) in [4.78, 5) is 7.25. The standard InChI is InChI=1S/C21H23FN4O/c1-26-10-8-15(9-11-26)18-6-3-7-19(23-18)21-13-20(24-25-21)16-4-2-5-17(12-16)27-14-22/h2-7,12-13,15H,8-11,14H2,1H3,(H,24,25). The van der Waals surface area contributed by atoms with Gasteiger partial charge in [-0.3, -0.25) is 10.1 Å². The summed E-state index contributed by atoms with van der Waals surface area (Å²) in [6, 6.07) is 15.4. The number of aromatic nitrogens is 3. The number of rotatable bonds is 5. The number of alkyl halides is 1. The molecule has 1 fully saturated rings. The van der Waals surface area contributed by atoms with Crippen molar-refractivity contribution in [1.29, 1.82) is 0 Å². The van der Waals surface area contributed by atoms with E-state index in [4.69, 9.17) is 9.72 Å². The van der Waals surface area contributed by atoms with Gasteiger partial charge >= 0.3 is 0 Å². The van der Waals surface area contributed by atoms with Crippen LogP contribution in [0.15, 0.2) is 48.5 Å². The number of pyridine rings is 1. The van der Waals surface area contributed by atoms with Crippen LogP contribution < -0.4 is 4.74 Å². The van der Waals surface area contributed by atoms with E-state index in [0.29, 0.717) is 11.7 Å². The third-order valence-corrected chi connectivity index (χ3v) is 5.11. The molecule has 3 aromatic rings. The minimum absolute atomic E-state index is 0.488. The fourth-order valence-corrected chi connectivity index (χ4v) is 3.54. The maximum atomic E-state index is 12.4. The van der Waals surface area contributed by atoms with Gasteiger partial charge in [0.1, 0.15) is 5.75 Å². The van der Waals surface area contributed by atoms with Gasteiger partial charge in [0, 0.05) is 17.2 Å². The highest BCUT2D eigenvalue weighted by atomic mass is 19.1. The molecule has 0 bridgehead atoms. The molecular weight excluding hydrogens is 343 g/mol. The molecule has 27 heavy (non-hydrogen) atoms. The molecule has 0 aliphatic carbocycles. The maximum absolute atomic E-state index is 12.4. The molecule has 5 nitrogen and oxygen atoms in total. The van der Waals surface area contributed by atoms with Gasteiger partial charge < -0.3 is 9.64 Å². The number of nitrogens with zero attached hydrogens (tertiary/aromatic N) is 3. The molecule has 0 radical (unpaired) electrons. The zero-order chi connectivity index (χ0) is 18.6. The molecule has 0 spiro atoms. The van der Waals surface area contributed by atoms with Gasteiger partial charge in [0.15, 0.2) is 0 Å². The minimum Gasteiger partial charge on any atom is -0.463 e. The summed E-state index contributed by atoms with van der Waals surface area (Å²) < 4.78 is 17.3. The Labute approximate surface area is 158 Å². The summed E-state index contributed by atoms with van der Waals surface area (Å²) in [5.41, 5.74) is 4.56. The highest BCUT2D eigenvalue weighted by Crippen LogP contribution is 2.29. The molecule has 1 aromatic carbocycles. The summed E-state index contributed by atoms with van der Waals surface area (Å²) in [5.74, 6) is 1.00. The van der Waals surface area contributed by atoms with Crippen LogP contribution in [0.1, 0.15) is 24.5 Å². The van der Waals surface area contributed by atoms with Crippen molar-refractivity contribution in [3.8, 4) is 28.4 Å². The molecule has 1 saturated heterocycles. The number of hydrogen-bond donors (Lipinski definition) is 1. The second-order valence-electron chi connectivity index (χ2n) is 6.97. The van der Waals surface area contributed by atoms with Crippen LogP contribution in [-0.4, -0.2) is 47.1 Å². The van der Waals surface area contributed by atoms with Crippen LogP contribution >= 0.6 is 0 Å². The lowest BCUT2D eigenvalue weighted by Gasteiger charge is -2.28. The first kappa shape index (κ1) is 17.7. The molecule has 4 rings (SSSR count). The quantitative estimate of drug-likeness (QED) is 0.733. The molecule has 0 saturated carbocycles. The summed E-state index contributed by atoms with van der Waals surface area (Å²) in [5, 5.41) is 7.47. The molecular formula is C21H23FN4O. The first-order valence-electron chi connectivity index (χ1n) is 9.23. The van der Waals surface area contributed by atoms with Crippen LogP contribution in [-0.2, 0) is 0 Å². The number of hydrogen-bond acceptors (Lipinski definition) is 4. The lowest BCUT2D eigenvalue weighted by molar-refractivity contribution is 0.192. The van der Waals surface area contributed by atoms with E-state index >= 15 is 0 Å². The number of H-pyrrole nitrogens is 1. The van der Waals surface area contributed by atoms with Crippen molar-refractivity contribution in [3.05, 3.63) is 54.2 Å². The summed E-state index contributed by atoms with van der Waals surface area (Å²) >= 11 is 0. The minimum atomic E-state index is -0.844. The van der Waals surface area contributed by atoms with Crippen molar-refractivity contribution in [1.82, 2.24) is 20.1 Å². The van der Waals surface area contributed by atoms with Crippen LogP contribution in [0.5, 0.6) is 5.75 Å². The third kappa shape index (κ3) is 4.01. The zero-order valence-corrected chi connectivity index (χ0v) is 15.4. The van der Waals surface area contributed by atoms with E-state index in [9.17, 15) is 4.39 Å². The first-order chi connectivity index (χ1) is 13.2. The molecule has 0 amide bonds. The summed E-state index contributed by atoms with van der Waals surface area (Å²) in [6.45, 7) is 1.38. The lowest BCUT2D eigenvalue weighted by atomic mass is 9.93. The molecule has 6 heteroatoms. The Morgan fingerprint density at radius 3 is 2.74 bits per heavy atom. The topological polar surface area (TPSA) is 54.0 Å². The van der Waals surface area contributed by atoms with Crippen molar-refractivity contribution in [2.75, 3.05) is 27.0 Å². The fourth-order valence-electron chi connectivity index (χ4n) is 3.54. The SMILES string of the molecule is CN1CCC(c2cccc(-c3cc(-c4cccc(OCF)c4)n[nH]3)n2)CC1. The van der Waals surface area contributed by atoms with E-state index in [1.165, 1.54) is 0 Å². The van der Waals surface area contributed by atoms with Crippen LogP contribution in [0.25, 0.3) is 22.6 Å². The van der Waals surface area contributed by atoms with Gasteiger partial charge in [-0.05, 0) is 63.3 Å². The molecule has 0 atom stereocenters. The highest BCUT2D eigenvalue weighted by Gasteiger charge is 2.20. The molecule has 140 valence electrons. The molecule has 1 aliphatic heterocycles. The van der Waals surface area contributed by atoms with E-state index in [1.54, 1.807) is 12.1 Å². The monoisotopic (exact) mass is 366 g/mol. The number of likely N-dealkylation sites (tertiary alicyclic amines) is 1. The van der Waals surface area contributed by atoms with E-state index in [1.807, 2.05) is 24.3 Å². The van der Waals surface area contributed by atoms with Crippen molar-refractivity contribution < 1.29 is 9.13 Å². The van der Waals surface area contributed by atoms with E-state index < -0.39 is 6.86 Å². The van der Waals surface area contributed by atoms with Gasteiger partial charge in [0.05, 0.1) is 17.1 Å². The van der Waals surface area contributed by atoms with E-state index in [2.05, 4.69) is 34.3 Å². The van der Waals surface area contributed by atoms with Gasteiger partial charge in [-0.15, -0.1) is 0 Å². The Bertz CT molecular complexity index is 902. The largest absolute Gasteiger partial charge is 0.463 e. The van der Waals surface area contributed by atoms with Crippen LogP contribution in [0, 0.1) is 0 Å². The number of aromatic amines is 1.